The molecule has 1 aromatic rings. The van der Waals surface area contributed by atoms with Crippen LogP contribution in [0.2, 0.25) is 0 Å². The summed E-state index contributed by atoms with van der Waals surface area (Å²) < 4.78 is 0. The van der Waals surface area contributed by atoms with Crippen LogP contribution in [0.5, 0.6) is 0 Å². The van der Waals surface area contributed by atoms with E-state index in [0.717, 1.165) is 36.5 Å². The number of hydrogen-bond acceptors (Lipinski definition) is 4. The van der Waals surface area contributed by atoms with Crippen molar-refractivity contribution < 1.29 is 0 Å². The molecule has 0 aromatic carbocycles. The van der Waals surface area contributed by atoms with E-state index in [0.29, 0.717) is 5.41 Å². The molecule has 0 bridgehead atoms. The lowest BCUT2D eigenvalue weighted by Crippen LogP contribution is -2.18. The predicted molar refractivity (Wildman–Crippen MR) is 73.8 cm³/mol. The van der Waals surface area contributed by atoms with Crippen LogP contribution in [0.15, 0.2) is 6.07 Å². The van der Waals surface area contributed by atoms with E-state index in [9.17, 15) is 0 Å². The van der Waals surface area contributed by atoms with Crippen LogP contribution in [-0.2, 0) is 0 Å². The number of aromatic nitrogens is 2. The van der Waals surface area contributed by atoms with Gasteiger partial charge >= 0.3 is 0 Å². The first-order valence-electron chi connectivity index (χ1n) is 7.05. The summed E-state index contributed by atoms with van der Waals surface area (Å²) in [5.41, 5.74) is 0.608. The smallest absolute Gasteiger partial charge is 0.131 e. The van der Waals surface area contributed by atoms with Gasteiger partial charge in [-0.15, -0.1) is 0 Å². The average Bonchev–Trinajstić information content (AvgIpc) is 3.19. The monoisotopic (exact) mass is 246 g/mol. The molecule has 18 heavy (non-hydrogen) atoms. The second kappa shape index (κ2) is 4.41. The van der Waals surface area contributed by atoms with E-state index in [2.05, 4.69) is 27.5 Å². The predicted octanol–water partition coefficient (Wildman–Crippen LogP) is 2.82. The van der Waals surface area contributed by atoms with E-state index in [-0.39, 0.29) is 0 Å². The molecule has 2 N–H and O–H groups in total. The molecule has 4 heteroatoms. The molecule has 0 atom stereocenters. The standard InChI is InChI=1S/C14H22N4/c1-3-15-12-8-13(18-10(2)17-12)16-9-14(6-7-14)11-4-5-11/h8,11H,3-7,9H2,1-2H3,(H2,15,16,17,18). The Morgan fingerprint density at radius 1 is 1.22 bits per heavy atom. The Morgan fingerprint density at radius 3 is 2.44 bits per heavy atom. The van der Waals surface area contributed by atoms with E-state index < -0.39 is 0 Å². The number of nitrogens with zero attached hydrogens (tertiary/aromatic N) is 2. The van der Waals surface area contributed by atoms with Gasteiger partial charge in [-0.25, -0.2) is 9.97 Å². The molecule has 1 heterocycles. The van der Waals surface area contributed by atoms with Crippen LogP contribution in [-0.4, -0.2) is 23.1 Å². The lowest BCUT2D eigenvalue weighted by atomic mass is 10.0. The zero-order chi connectivity index (χ0) is 12.6. The number of hydrogen-bond donors (Lipinski definition) is 2. The lowest BCUT2D eigenvalue weighted by molar-refractivity contribution is 0.466. The van der Waals surface area contributed by atoms with Crippen molar-refractivity contribution in [1.82, 2.24) is 9.97 Å². The molecule has 2 aliphatic rings. The van der Waals surface area contributed by atoms with Gasteiger partial charge in [0.1, 0.15) is 17.5 Å². The van der Waals surface area contributed by atoms with Crippen molar-refractivity contribution in [2.45, 2.75) is 39.5 Å². The number of aryl methyl sites for hydroxylation is 1. The Labute approximate surface area is 109 Å². The van der Waals surface area contributed by atoms with Gasteiger partial charge in [-0.2, -0.15) is 0 Å². The summed E-state index contributed by atoms with van der Waals surface area (Å²) in [4.78, 5) is 8.83. The zero-order valence-electron chi connectivity index (χ0n) is 11.3. The van der Waals surface area contributed by atoms with E-state index in [1.54, 1.807) is 0 Å². The summed E-state index contributed by atoms with van der Waals surface area (Å²) in [5.74, 6) is 3.70. The van der Waals surface area contributed by atoms with Crippen molar-refractivity contribution >= 4 is 11.6 Å². The first-order chi connectivity index (χ1) is 8.72. The van der Waals surface area contributed by atoms with Crippen molar-refractivity contribution in [3.05, 3.63) is 11.9 Å². The van der Waals surface area contributed by atoms with Gasteiger partial charge in [0.2, 0.25) is 0 Å². The molecule has 0 saturated heterocycles. The maximum Gasteiger partial charge on any atom is 0.131 e. The van der Waals surface area contributed by atoms with E-state index in [4.69, 9.17) is 0 Å². The largest absolute Gasteiger partial charge is 0.370 e. The first kappa shape index (κ1) is 11.8. The van der Waals surface area contributed by atoms with Crippen LogP contribution < -0.4 is 10.6 Å². The molecular weight excluding hydrogens is 224 g/mol. The lowest BCUT2D eigenvalue weighted by Gasteiger charge is -2.16. The van der Waals surface area contributed by atoms with Crippen molar-refractivity contribution in [1.29, 1.82) is 0 Å². The minimum Gasteiger partial charge on any atom is -0.370 e. The highest BCUT2D eigenvalue weighted by atomic mass is 15.1. The highest BCUT2D eigenvalue weighted by molar-refractivity contribution is 5.47. The summed E-state index contributed by atoms with van der Waals surface area (Å²) in [5, 5.41) is 6.76. The number of nitrogens with one attached hydrogen (secondary N) is 2. The second-order valence-corrected chi connectivity index (χ2v) is 5.71. The molecule has 98 valence electrons. The van der Waals surface area contributed by atoms with E-state index >= 15 is 0 Å². The minimum atomic E-state index is 0.608. The second-order valence-electron chi connectivity index (χ2n) is 5.71. The fraction of sp³-hybridized carbons (Fsp3) is 0.714. The van der Waals surface area contributed by atoms with Gasteiger partial charge in [-0.1, -0.05) is 0 Å². The Bertz CT molecular complexity index is 435. The molecule has 2 fully saturated rings. The van der Waals surface area contributed by atoms with Crippen LogP contribution >= 0.6 is 0 Å². The van der Waals surface area contributed by atoms with Crippen LogP contribution in [0, 0.1) is 18.3 Å². The van der Waals surface area contributed by atoms with Gasteiger partial charge in [-0.05, 0) is 50.9 Å². The third kappa shape index (κ3) is 2.42. The van der Waals surface area contributed by atoms with E-state index in [1.165, 1.54) is 25.7 Å². The number of anilines is 2. The summed E-state index contributed by atoms with van der Waals surface area (Å²) in [7, 11) is 0. The minimum absolute atomic E-state index is 0.608. The van der Waals surface area contributed by atoms with E-state index in [1.807, 2.05) is 13.0 Å². The molecule has 0 aliphatic heterocycles. The molecule has 0 radical (unpaired) electrons. The Hall–Kier alpha value is -1.32. The Kier molecular flexibility index (Phi) is 2.88. The summed E-state index contributed by atoms with van der Waals surface area (Å²) in [6.07, 6.45) is 5.67. The zero-order valence-corrected chi connectivity index (χ0v) is 11.3. The maximum atomic E-state index is 4.46. The van der Waals surface area contributed by atoms with Crippen molar-refractivity contribution in [3.8, 4) is 0 Å². The molecule has 2 aliphatic carbocycles. The quantitative estimate of drug-likeness (QED) is 0.810. The normalized spacial score (nSPS) is 20.6. The molecule has 1 aromatic heterocycles. The topological polar surface area (TPSA) is 49.8 Å². The van der Waals surface area contributed by atoms with Crippen molar-refractivity contribution in [2.75, 3.05) is 23.7 Å². The van der Waals surface area contributed by atoms with Gasteiger partial charge in [0.25, 0.3) is 0 Å². The molecule has 4 nitrogen and oxygen atoms in total. The van der Waals surface area contributed by atoms with Crippen molar-refractivity contribution in [2.24, 2.45) is 11.3 Å². The van der Waals surface area contributed by atoms with Gasteiger partial charge in [0.05, 0.1) is 0 Å². The van der Waals surface area contributed by atoms with Gasteiger partial charge in [0, 0.05) is 19.2 Å². The maximum absolute atomic E-state index is 4.46. The molecule has 0 spiro atoms. The summed E-state index contributed by atoms with van der Waals surface area (Å²) in [6.45, 7) is 6.00. The van der Waals surface area contributed by atoms with Gasteiger partial charge < -0.3 is 10.6 Å². The number of rotatable bonds is 6. The average molecular weight is 246 g/mol. The third-order valence-electron chi connectivity index (χ3n) is 4.15. The van der Waals surface area contributed by atoms with Crippen LogP contribution in [0.1, 0.15) is 38.4 Å². The fourth-order valence-electron chi connectivity index (χ4n) is 2.78. The molecule has 2 saturated carbocycles. The fourth-order valence-corrected chi connectivity index (χ4v) is 2.78. The van der Waals surface area contributed by atoms with Crippen LogP contribution in [0.25, 0.3) is 0 Å². The molecular formula is C14H22N4. The van der Waals surface area contributed by atoms with Gasteiger partial charge in [-0.3, -0.25) is 0 Å². The SMILES string of the molecule is CCNc1cc(NCC2(C3CC3)CC2)nc(C)n1. The van der Waals surface area contributed by atoms with Crippen LogP contribution in [0.3, 0.4) is 0 Å². The molecule has 0 unspecified atom stereocenters. The summed E-state index contributed by atoms with van der Waals surface area (Å²) >= 11 is 0. The molecule has 3 rings (SSSR count). The first-order valence-corrected chi connectivity index (χ1v) is 7.05. The summed E-state index contributed by atoms with van der Waals surface area (Å²) in [6, 6.07) is 2.01. The van der Waals surface area contributed by atoms with Crippen LogP contribution in [0.4, 0.5) is 11.6 Å². The Balaban J connectivity index is 1.64. The third-order valence-corrected chi connectivity index (χ3v) is 4.15. The molecule has 0 amide bonds. The highest BCUT2D eigenvalue weighted by Crippen LogP contribution is 2.61. The highest BCUT2D eigenvalue weighted by Gasteiger charge is 2.53. The van der Waals surface area contributed by atoms with Crippen molar-refractivity contribution in [3.63, 3.8) is 0 Å². The Morgan fingerprint density at radius 2 is 1.89 bits per heavy atom. The van der Waals surface area contributed by atoms with Gasteiger partial charge in [0.15, 0.2) is 0 Å².